The number of sulfonamides is 1. The van der Waals surface area contributed by atoms with Gasteiger partial charge in [0.15, 0.2) is 0 Å². The van der Waals surface area contributed by atoms with Crippen molar-refractivity contribution in [2.45, 2.75) is 4.90 Å². The molecule has 2 aromatic heterocycles. The van der Waals surface area contributed by atoms with Gasteiger partial charge in [-0.05, 0) is 30.3 Å². The zero-order valence-electron chi connectivity index (χ0n) is 13.2. The molecule has 0 aliphatic carbocycles. The third-order valence-corrected chi connectivity index (χ3v) is 4.64. The van der Waals surface area contributed by atoms with Crippen LogP contribution in [0, 0.1) is 0 Å². The van der Waals surface area contributed by atoms with Gasteiger partial charge in [-0.2, -0.15) is 5.10 Å². The summed E-state index contributed by atoms with van der Waals surface area (Å²) in [6.07, 6.45) is 5.77. The first-order valence-electron chi connectivity index (χ1n) is 7.27. The highest BCUT2D eigenvalue weighted by molar-refractivity contribution is 7.92. The Bertz CT molecular complexity index is 999. The molecular formula is C16H15N5O3S. The van der Waals surface area contributed by atoms with Crippen LogP contribution in [-0.2, 0) is 17.1 Å². The summed E-state index contributed by atoms with van der Waals surface area (Å²) in [4.78, 5) is 16.2. The number of hydrogen-bond acceptors (Lipinski definition) is 5. The number of hydrogen-bond donors (Lipinski definition) is 2. The Hall–Kier alpha value is -3.20. The maximum Gasteiger partial charge on any atom is 0.265 e. The van der Waals surface area contributed by atoms with Gasteiger partial charge in [0.2, 0.25) is 0 Å². The van der Waals surface area contributed by atoms with E-state index < -0.39 is 10.0 Å². The van der Waals surface area contributed by atoms with Crippen LogP contribution in [0.15, 0.2) is 66.1 Å². The van der Waals surface area contributed by atoms with Gasteiger partial charge >= 0.3 is 0 Å². The SMILES string of the molecule is Cn1cc(S(=O)(=O)Nc2cccc(C(=O)Nc3ccncc3)c2)cn1. The van der Waals surface area contributed by atoms with Crippen molar-refractivity contribution in [3.63, 3.8) is 0 Å². The Morgan fingerprint density at radius 2 is 1.88 bits per heavy atom. The van der Waals surface area contributed by atoms with Gasteiger partial charge in [0.05, 0.1) is 6.20 Å². The zero-order chi connectivity index (χ0) is 17.9. The lowest BCUT2D eigenvalue weighted by Gasteiger charge is -2.09. The molecule has 0 atom stereocenters. The largest absolute Gasteiger partial charge is 0.322 e. The Balaban J connectivity index is 1.78. The van der Waals surface area contributed by atoms with E-state index in [1.165, 1.54) is 23.1 Å². The van der Waals surface area contributed by atoms with E-state index in [1.807, 2.05) is 0 Å². The zero-order valence-corrected chi connectivity index (χ0v) is 14.1. The van der Waals surface area contributed by atoms with Gasteiger partial charge in [-0.25, -0.2) is 8.42 Å². The van der Waals surface area contributed by atoms with E-state index in [1.54, 1.807) is 49.8 Å². The molecule has 3 aromatic rings. The minimum atomic E-state index is -3.77. The number of benzene rings is 1. The number of anilines is 2. The Kier molecular flexibility index (Phi) is 4.48. The third-order valence-electron chi connectivity index (χ3n) is 3.31. The molecule has 25 heavy (non-hydrogen) atoms. The number of carbonyl (C=O) groups is 1. The van der Waals surface area contributed by atoms with Gasteiger partial charge in [0.25, 0.3) is 15.9 Å². The molecule has 0 bridgehead atoms. The van der Waals surface area contributed by atoms with Gasteiger partial charge in [-0.1, -0.05) is 6.07 Å². The first-order valence-corrected chi connectivity index (χ1v) is 8.75. The van der Waals surface area contributed by atoms with E-state index in [-0.39, 0.29) is 16.5 Å². The van der Waals surface area contributed by atoms with Crippen molar-refractivity contribution in [2.24, 2.45) is 7.05 Å². The van der Waals surface area contributed by atoms with Crippen LogP contribution in [0.3, 0.4) is 0 Å². The van der Waals surface area contributed by atoms with Crippen LogP contribution in [0.5, 0.6) is 0 Å². The lowest BCUT2D eigenvalue weighted by molar-refractivity contribution is 0.102. The van der Waals surface area contributed by atoms with E-state index in [2.05, 4.69) is 20.1 Å². The quantitative estimate of drug-likeness (QED) is 0.725. The summed E-state index contributed by atoms with van der Waals surface area (Å²) >= 11 is 0. The highest BCUT2D eigenvalue weighted by atomic mass is 32.2. The highest BCUT2D eigenvalue weighted by Crippen LogP contribution is 2.17. The van der Waals surface area contributed by atoms with Crippen LogP contribution in [0.1, 0.15) is 10.4 Å². The first kappa shape index (κ1) is 16.7. The molecule has 0 saturated carbocycles. The van der Waals surface area contributed by atoms with E-state index in [9.17, 15) is 13.2 Å². The van der Waals surface area contributed by atoms with Crippen LogP contribution in [-0.4, -0.2) is 29.1 Å². The molecule has 0 radical (unpaired) electrons. The topological polar surface area (TPSA) is 106 Å². The molecule has 0 aliphatic heterocycles. The first-order chi connectivity index (χ1) is 11.9. The fourth-order valence-electron chi connectivity index (χ4n) is 2.11. The predicted molar refractivity (Wildman–Crippen MR) is 92.6 cm³/mol. The van der Waals surface area contributed by atoms with Crippen molar-refractivity contribution in [2.75, 3.05) is 10.0 Å². The van der Waals surface area contributed by atoms with Gasteiger partial charge in [-0.3, -0.25) is 19.2 Å². The fraction of sp³-hybridized carbons (Fsp3) is 0.0625. The van der Waals surface area contributed by atoms with Crippen molar-refractivity contribution in [3.8, 4) is 0 Å². The van der Waals surface area contributed by atoms with E-state index in [0.29, 0.717) is 11.3 Å². The standard InChI is InChI=1S/C16H15N5O3S/c1-21-11-15(10-18-21)25(23,24)20-14-4-2-3-12(9-14)16(22)19-13-5-7-17-8-6-13/h2-11,20H,1H3,(H,17,19,22). The molecule has 8 nitrogen and oxygen atoms in total. The Morgan fingerprint density at radius 3 is 2.56 bits per heavy atom. The monoisotopic (exact) mass is 357 g/mol. The van der Waals surface area contributed by atoms with Crippen molar-refractivity contribution in [1.29, 1.82) is 0 Å². The molecule has 1 amide bonds. The van der Waals surface area contributed by atoms with Gasteiger partial charge in [0, 0.05) is 42.6 Å². The summed E-state index contributed by atoms with van der Waals surface area (Å²) in [7, 11) is -2.14. The lowest BCUT2D eigenvalue weighted by Crippen LogP contribution is -2.15. The third kappa shape index (κ3) is 4.01. The van der Waals surface area contributed by atoms with Crippen LogP contribution >= 0.6 is 0 Å². The number of pyridine rings is 1. The van der Waals surface area contributed by atoms with Crippen molar-refractivity contribution in [1.82, 2.24) is 14.8 Å². The lowest BCUT2D eigenvalue weighted by atomic mass is 10.2. The number of rotatable bonds is 5. The number of amides is 1. The molecule has 0 spiro atoms. The van der Waals surface area contributed by atoms with Crippen LogP contribution in [0.4, 0.5) is 11.4 Å². The summed E-state index contributed by atoms with van der Waals surface area (Å²) in [6, 6.07) is 9.54. The Labute approximate surface area is 144 Å². The Morgan fingerprint density at radius 1 is 1.12 bits per heavy atom. The molecule has 3 rings (SSSR count). The number of nitrogens with zero attached hydrogens (tertiary/aromatic N) is 3. The second-order valence-electron chi connectivity index (χ2n) is 5.23. The molecule has 9 heteroatoms. The molecule has 0 fully saturated rings. The summed E-state index contributed by atoms with van der Waals surface area (Å²) in [5.74, 6) is -0.353. The van der Waals surface area contributed by atoms with Crippen LogP contribution in [0.2, 0.25) is 0 Å². The summed E-state index contributed by atoms with van der Waals surface area (Å²) < 4.78 is 28.5. The van der Waals surface area contributed by atoms with Crippen LogP contribution < -0.4 is 10.0 Å². The second kappa shape index (κ2) is 6.73. The maximum atomic E-state index is 12.3. The minimum absolute atomic E-state index is 0.0432. The number of aromatic nitrogens is 3. The van der Waals surface area contributed by atoms with E-state index in [0.717, 1.165) is 0 Å². The predicted octanol–water partition coefficient (Wildman–Crippen LogP) is 1.87. The molecular weight excluding hydrogens is 342 g/mol. The molecule has 0 saturated heterocycles. The van der Waals surface area contributed by atoms with Gasteiger partial charge in [-0.15, -0.1) is 0 Å². The number of aryl methyl sites for hydroxylation is 1. The molecule has 2 N–H and O–H groups in total. The van der Waals surface area contributed by atoms with E-state index in [4.69, 9.17) is 0 Å². The fourth-order valence-corrected chi connectivity index (χ4v) is 3.15. The summed E-state index contributed by atoms with van der Waals surface area (Å²) in [5, 5.41) is 6.56. The minimum Gasteiger partial charge on any atom is -0.322 e. The second-order valence-corrected chi connectivity index (χ2v) is 6.91. The average Bonchev–Trinajstić information content (AvgIpc) is 3.03. The molecule has 1 aromatic carbocycles. The summed E-state index contributed by atoms with van der Waals surface area (Å²) in [5.41, 5.74) is 1.20. The maximum absolute atomic E-state index is 12.3. The molecule has 2 heterocycles. The normalized spacial score (nSPS) is 11.1. The smallest absolute Gasteiger partial charge is 0.265 e. The highest BCUT2D eigenvalue weighted by Gasteiger charge is 2.17. The van der Waals surface area contributed by atoms with Gasteiger partial charge in [0.1, 0.15) is 4.90 Å². The molecule has 128 valence electrons. The molecule has 0 aliphatic rings. The van der Waals surface area contributed by atoms with Crippen LogP contribution in [0.25, 0.3) is 0 Å². The number of nitrogens with one attached hydrogen (secondary N) is 2. The molecule has 0 unspecified atom stereocenters. The number of carbonyl (C=O) groups excluding carboxylic acids is 1. The average molecular weight is 357 g/mol. The van der Waals surface area contributed by atoms with Crippen molar-refractivity contribution >= 4 is 27.3 Å². The van der Waals surface area contributed by atoms with E-state index >= 15 is 0 Å². The summed E-state index contributed by atoms with van der Waals surface area (Å²) in [6.45, 7) is 0. The van der Waals surface area contributed by atoms with Gasteiger partial charge < -0.3 is 5.32 Å². The van der Waals surface area contributed by atoms with Crippen molar-refractivity contribution in [3.05, 3.63) is 66.7 Å². The van der Waals surface area contributed by atoms with Crippen molar-refractivity contribution < 1.29 is 13.2 Å².